The Morgan fingerprint density at radius 1 is 0.741 bits per heavy atom. The van der Waals surface area contributed by atoms with E-state index in [0.717, 1.165) is 12.1 Å². The molecule has 136 valence electrons. The first-order chi connectivity index (χ1) is 13.0. The van der Waals surface area contributed by atoms with Crippen molar-refractivity contribution in [3.8, 4) is 11.5 Å². The van der Waals surface area contributed by atoms with Crippen LogP contribution in [0.15, 0.2) is 72.8 Å². The van der Waals surface area contributed by atoms with Gasteiger partial charge in [-0.2, -0.15) is 0 Å². The third kappa shape index (κ3) is 4.66. The van der Waals surface area contributed by atoms with Crippen molar-refractivity contribution < 1.29 is 23.1 Å². The standard InChI is InChI=1S/C20H14F2N2O3/c21-13-10-11-16(15(22)12-13)23-19(25)20(26)24-17-8-4-5-9-18(17)27-14-6-2-1-3-7-14/h1-12H,(H,23,25)(H,24,26). The Morgan fingerprint density at radius 2 is 1.37 bits per heavy atom. The molecule has 0 spiro atoms. The number of benzene rings is 3. The number of ether oxygens (including phenoxy) is 1. The van der Waals surface area contributed by atoms with Gasteiger partial charge in [0, 0.05) is 6.07 Å². The highest BCUT2D eigenvalue weighted by atomic mass is 19.1. The van der Waals surface area contributed by atoms with Gasteiger partial charge in [-0.25, -0.2) is 8.78 Å². The van der Waals surface area contributed by atoms with Gasteiger partial charge in [-0.15, -0.1) is 0 Å². The molecule has 0 saturated carbocycles. The SMILES string of the molecule is O=C(Nc1ccc(F)cc1F)C(=O)Nc1ccccc1Oc1ccccc1. The number of amides is 2. The molecule has 0 aliphatic rings. The van der Waals surface area contributed by atoms with E-state index in [-0.39, 0.29) is 11.4 Å². The Hall–Kier alpha value is -3.74. The third-order valence-electron chi connectivity index (χ3n) is 3.49. The Labute approximate surface area is 153 Å². The molecule has 0 aliphatic carbocycles. The van der Waals surface area contributed by atoms with E-state index >= 15 is 0 Å². The van der Waals surface area contributed by atoms with Gasteiger partial charge in [0.2, 0.25) is 0 Å². The minimum Gasteiger partial charge on any atom is -0.455 e. The number of hydrogen-bond acceptors (Lipinski definition) is 3. The summed E-state index contributed by atoms with van der Waals surface area (Å²) in [4.78, 5) is 24.1. The summed E-state index contributed by atoms with van der Waals surface area (Å²) in [5, 5.41) is 4.50. The molecule has 3 aromatic rings. The average molecular weight is 368 g/mol. The molecule has 5 nitrogen and oxygen atoms in total. The number of hydrogen-bond donors (Lipinski definition) is 2. The van der Waals surface area contributed by atoms with Crippen molar-refractivity contribution in [2.75, 3.05) is 10.6 Å². The number of rotatable bonds is 4. The van der Waals surface area contributed by atoms with E-state index in [4.69, 9.17) is 4.74 Å². The molecule has 0 unspecified atom stereocenters. The van der Waals surface area contributed by atoms with Crippen molar-refractivity contribution in [3.05, 3.63) is 84.4 Å². The fourth-order valence-corrected chi connectivity index (χ4v) is 2.22. The molecule has 0 saturated heterocycles. The van der Waals surface area contributed by atoms with E-state index in [1.165, 1.54) is 0 Å². The van der Waals surface area contributed by atoms with Crippen LogP contribution >= 0.6 is 0 Å². The highest BCUT2D eigenvalue weighted by Crippen LogP contribution is 2.29. The maximum atomic E-state index is 13.6. The number of carbonyl (C=O) groups is 2. The zero-order valence-corrected chi connectivity index (χ0v) is 13.9. The lowest BCUT2D eigenvalue weighted by Gasteiger charge is -2.12. The summed E-state index contributed by atoms with van der Waals surface area (Å²) in [6.45, 7) is 0. The van der Waals surface area contributed by atoms with Crippen molar-refractivity contribution in [1.29, 1.82) is 0 Å². The predicted molar refractivity (Wildman–Crippen MR) is 96.6 cm³/mol. The third-order valence-corrected chi connectivity index (χ3v) is 3.49. The summed E-state index contributed by atoms with van der Waals surface area (Å²) in [6, 6.07) is 18.1. The first-order valence-electron chi connectivity index (χ1n) is 7.92. The number of anilines is 2. The lowest BCUT2D eigenvalue weighted by atomic mass is 10.2. The van der Waals surface area contributed by atoms with Crippen molar-refractivity contribution in [3.63, 3.8) is 0 Å². The second-order valence-corrected chi connectivity index (χ2v) is 5.44. The molecule has 3 aromatic carbocycles. The molecular weight excluding hydrogens is 354 g/mol. The fraction of sp³-hybridized carbons (Fsp3) is 0. The average Bonchev–Trinajstić information content (AvgIpc) is 2.66. The summed E-state index contributed by atoms with van der Waals surface area (Å²) >= 11 is 0. The van der Waals surface area contributed by atoms with Gasteiger partial charge < -0.3 is 15.4 Å². The Morgan fingerprint density at radius 3 is 2.07 bits per heavy atom. The number of para-hydroxylation sites is 3. The molecule has 0 radical (unpaired) electrons. The zero-order valence-electron chi connectivity index (χ0n) is 13.9. The van der Waals surface area contributed by atoms with Gasteiger partial charge in [0.15, 0.2) is 5.75 Å². The summed E-state index contributed by atoms with van der Waals surface area (Å²) < 4.78 is 32.2. The molecule has 7 heteroatoms. The van der Waals surface area contributed by atoms with Crippen molar-refractivity contribution >= 4 is 23.2 Å². The van der Waals surface area contributed by atoms with E-state index in [1.807, 2.05) is 6.07 Å². The van der Waals surface area contributed by atoms with E-state index in [2.05, 4.69) is 10.6 Å². The lowest BCUT2D eigenvalue weighted by molar-refractivity contribution is -0.133. The van der Waals surface area contributed by atoms with Gasteiger partial charge in [-0.1, -0.05) is 30.3 Å². The number of carbonyl (C=O) groups excluding carboxylic acids is 2. The van der Waals surface area contributed by atoms with Gasteiger partial charge >= 0.3 is 11.8 Å². The highest BCUT2D eigenvalue weighted by molar-refractivity contribution is 6.43. The van der Waals surface area contributed by atoms with E-state index in [0.29, 0.717) is 17.6 Å². The van der Waals surface area contributed by atoms with Gasteiger partial charge in [-0.3, -0.25) is 9.59 Å². The minimum absolute atomic E-state index is 0.265. The largest absolute Gasteiger partial charge is 0.455 e. The molecule has 3 rings (SSSR count). The van der Waals surface area contributed by atoms with E-state index in [1.54, 1.807) is 48.5 Å². The molecule has 0 aromatic heterocycles. The Kier molecular flexibility index (Phi) is 5.41. The maximum absolute atomic E-state index is 13.6. The van der Waals surface area contributed by atoms with Crippen LogP contribution in [-0.4, -0.2) is 11.8 Å². The van der Waals surface area contributed by atoms with Crippen LogP contribution in [0.25, 0.3) is 0 Å². The van der Waals surface area contributed by atoms with Crippen molar-refractivity contribution in [2.45, 2.75) is 0 Å². The van der Waals surface area contributed by atoms with Crippen LogP contribution in [-0.2, 0) is 9.59 Å². The zero-order chi connectivity index (χ0) is 19.2. The van der Waals surface area contributed by atoms with Crippen LogP contribution in [0.1, 0.15) is 0 Å². The number of halogens is 2. The predicted octanol–water partition coefficient (Wildman–Crippen LogP) is 4.33. The topological polar surface area (TPSA) is 67.4 Å². The first kappa shape index (κ1) is 18.1. The normalized spacial score (nSPS) is 10.1. The van der Waals surface area contributed by atoms with Gasteiger partial charge in [0.25, 0.3) is 0 Å². The van der Waals surface area contributed by atoms with Crippen LogP contribution < -0.4 is 15.4 Å². The van der Waals surface area contributed by atoms with Crippen LogP contribution in [0.2, 0.25) is 0 Å². The molecule has 27 heavy (non-hydrogen) atoms. The summed E-state index contributed by atoms with van der Waals surface area (Å²) in [7, 11) is 0. The van der Waals surface area contributed by atoms with Crippen LogP contribution in [0.5, 0.6) is 11.5 Å². The van der Waals surface area contributed by atoms with Crippen LogP contribution in [0.3, 0.4) is 0 Å². The first-order valence-corrected chi connectivity index (χ1v) is 7.92. The molecule has 2 amide bonds. The quantitative estimate of drug-likeness (QED) is 0.674. The van der Waals surface area contributed by atoms with E-state index < -0.39 is 23.4 Å². The van der Waals surface area contributed by atoms with E-state index in [9.17, 15) is 18.4 Å². The molecule has 0 fully saturated rings. The molecule has 0 aliphatic heterocycles. The molecule has 0 heterocycles. The summed E-state index contributed by atoms with van der Waals surface area (Å²) in [6.07, 6.45) is 0. The van der Waals surface area contributed by atoms with Gasteiger partial charge in [0.1, 0.15) is 17.4 Å². The highest BCUT2D eigenvalue weighted by Gasteiger charge is 2.18. The smallest absolute Gasteiger partial charge is 0.314 e. The fourth-order valence-electron chi connectivity index (χ4n) is 2.22. The van der Waals surface area contributed by atoms with Crippen molar-refractivity contribution in [1.82, 2.24) is 0 Å². The maximum Gasteiger partial charge on any atom is 0.314 e. The molecular formula is C20H14F2N2O3. The lowest BCUT2D eigenvalue weighted by Crippen LogP contribution is -2.29. The van der Waals surface area contributed by atoms with Crippen LogP contribution in [0, 0.1) is 11.6 Å². The Bertz CT molecular complexity index is 978. The Balaban J connectivity index is 1.71. The molecule has 2 N–H and O–H groups in total. The number of nitrogens with one attached hydrogen (secondary N) is 2. The second-order valence-electron chi connectivity index (χ2n) is 5.44. The second kappa shape index (κ2) is 8.09. The van der Waals surface area contributed by atoms with Crippen molar-refractivity contribution in [2.24, 2.45) is 0 Å². The monoisotopic (exact) mass is 368 g/mol. The summed E-state index contributed by atoms with van der Waals surface area (Å²) in [5.74, 6) is -3.02. The molecule has 0 atom stereocenters. The van der Waals surface area contributed by atoms with Gasteiger partial charge in [-0.05, 0) is 36.4 Å². The van der Waals surface area contributed by atoms with Crippen LogP contribution in [0.4, 0.5) is 20.2 Å². The minimum atomic E-state index is -1.10. The summed E-state index contributed by atoms with van der Waals surface area (Å²) in [5.41, 5.74) is -0.0357. The molecule has 0 bridgehead atoms. The van der Waals surface area contributed by atoms with Gasteiger partial charge in [0.05, 0.1) is 11.4 Å².